The van der Waals surface area contributed by atoms with Crippen molar-refractivity contribution in [3.8, 4) is 16.9 Å². The van der Waals surface area contributed by atoms with Gasteiger partial charge in [0.15, 0.2) is 0 Å². The number of ether oxygens (including phenoxy) is 4. The lowest BCUT2D eigenvalue weighted by Crippen LogP contribution is -2.38. The molecule has 0 unspecified atom stereocenters. The predicted octanol–water partition coefficient (Wildman–Crippen LogP) is 4.63. The zero-order valence-electron chi connectivity index (χ0n) is 20.2. The van der Waals surface area contributed by atoms with Gasteiger partial charge >= 0.3 is 0 Å². The van der Waals surface area contributed by atoms with E-state index in [-0.39, 0.29) is 0 Å². The Morgan fingerprint density at radius 3 is 2.16 bits per heavy atom. The van der Waals surface area contributed by atoms with E-state index in [2.05, 4.69) is 71.3 Å². The Kier molecular flexibility index (Phi) is 10.5. The molecule has 0 fully saturated rings. The van der Waals surface area contributed by atoms with Crippen LogP contribution >= 0.6 is 0 Å². The van der Waals surface area contributed by atoms with E-state index >= 15 is 0 Å². The molecule has 0 heterocycles. The first-order valence-electron chi connectivity index (χ1n) is 11.2. The highest BCUT2D eigenvalue weighted by Crippen LogP contribution is 2.30. The molecule has 172 valence electrons. The molecule has 0 saturated heterocycles. The number of hydrogen-bond donors (Lipinski definition) is 0. The molecule has 0 atom stereocenters. The molecule has 5 heteroatoms. The molecule has 0 amide bonds. The normalized spacial score (nSPS) is 11.7. The van der Waals surface area contributed by atoms with Crippen molar-refractivity contribution in [2.75, 3.05) is 67.4 Å². The average molecular weight is 431 g/mol. The fourth-order valence-electron chi connectivity index (χ4n) is 3.33. The van der Waals surface area contributed by atoms with Crippen LogP contribution in [0.4, 0.5) is 0 Å². The molecule has 0 saturated carbocycles. The van der Waals surface area contributed by atoms with Gasteiger partial charge in [0, 0.05) is 12.7 Å². The molecule has 0 aliphatic heterocycles. The summed E-state index contributed by atoms with van der Waals surface area (Å²) < 4.78 is 23.0. The van der Waals surface area contributed by atoms with Gasteiger partial charge in [0.25, 0.3) is 0 Å². The molecule has 0 spiro atoms. The summed E-state index contributed by atoms with van der Waals surface area (Å²) in [6.45, 7) is 11.9. The van der Waals surface area contributed by atoms with Gasteiger partial charge in [-0.1, -0.05) is 23.8 Å². The van der Waals surface area contributed by atoms with Crippen LogP contribution in [0.15, 0.2) is 36.4 Å². The Hall–Kier alpha value is -1.92. The Balaban J connectivity index is 2.05. The van der Waals surface area contributed by atoms with Gasteiger partial charge in [0.05, 0.1) is 53.7 Å². The van der Waals surface area contributed by atoms with Crippen LogP contribution < -0.4 is 4.74 Å². The third-order valence-electron chi connectivity index (χ3n) is 5.44. The fourth-order valence-corrected chi connectivity index (χ4v) is 3.33. The van der Waals surface area contributed by atoms with Gasteiger partial charge in [-0.2, -0.15) is 0 Å². The summed E-state index contributed by atoms with van der Waals surface area (Å²) in [4.78, 5) is 0. The van der Waals surface area contributed by atoms with Crippen LogP contribution in [0, 0.1) is 13.8 Å². The maximum absolute atomic E-state index is 6.08. The van der Waals surface area contributed by atoms with Crippen molar-refractivity contribution >= 4 is 0 Å². The Morgan fingerprint density at radius 1 is 0.806 bits per heavy atom. The van der Waals surface area contributed by atoms with Gasteiger partial charge in [0.2, 0.25) is 0 Å². The van der Waals surface area contributed by atoms with E-state index in [0.29, 0.717) is 39.6 Å². The lowest BCUT2D eigenvalue weighted by atomic mass is 9.96. The fraction of sp³-hybridized carbons (Fsp3) is 0.538. The number of methoxy groups -OCH3 is 1. The lowest BCUT2D eigenvalue weighted by Gasteiger charge is -2.28. The van der Waals surface area contributed by atoms with Crippen LogP contribution in [0.2, 0.25) is 0 Å². The molecule has 0 bridgehead atoms. The SMILES string of the molecule is CC[N+](C)(C)Cc1cc(OCCOCCOCCOC)cc(-c2cc(C)ccc2C)c1. The highest BCUT2D eigenvalue weighted by atomic mass is 16.6. The van der Waals surface area contributed by atoms with Gasteiger partial charge < -0.3 is 23.4 Å². The third-order valence-corrected chi connectivity index (χ3v) is 5.44. The highest BCUT2D eigenvalue weighted by molar-refractivity contribution is 5.70. The Labute approximate surface area is 188 Å². The molecule has 31 heavy (non-hydrogen) atoms. The Morgan fingerprint density at radius 2 is 1.48 bits per heavy atom. The van der Waals surface area contributed by atoms with Crippen LogP contribution in [0.3, 0.4) is 0 Å². The second-order valence-electron chi connectivity index (χ2n) is 8.66. The van der Waals surface area contributed by atoms with E-state index in [1.54, 1.807) is 7.11 Å². The van der Waals surface area contributed by atoms with Crippen LogP contribution in [-0.4, -0.2) is 71.9 Å². The van der Waals surface area contributed by atoms with E-state index in [9.17, 15) is 0 Å². The second kappa shape index (κ2) is 12.8. The van der Waals surface area contributed by atoms with E-state index in [1.165, 1.54) is 27.8 Å². The van der Waals surface area contributed by atoms with Crippen molar-refractivity contribution in [2.24, 2.45) is 0 Å². The quantitative estimate of drug-likeness (QED) is 0.324. The van der Waals surface area contributed by atoms with Gasteiger partial charge in [-0.25, -0.2) is 0 Å². The molecule has 0 aliphatic carbocycles. The summed E-state index contributed by atoms with van der Waals surface area (Å²) in [7, 11) is 6.18. The minimum Gasteiger partial charge on any atom is -0.491 e. The van der Waals surface area contributed by atoms with Crippen molar-refractivity contribution in [3.05, 3.63) is 53.1 Å². The van der Waals surface area contributed by atoms with Crippen molar-refractivity contribution in [2.45, 2.75) is 27.3 Å². The van der Waals surface area contributed by atoms with Crippen molar-refractivity contribution in [1.82, 2.24) is 0 Å². The summed E-state index contributed by atoms with van der Waals surface area (Å²) in [5.74, 6) is 0.893. The maximum atomic E-state index is 6.08. The predicted molar refractivity (Wildman–Crippen MR) is 127 cm³/mol. The summed E-state index contributed by atoms with van der Waals surface area (Å²) in [5.41, 5.74) is 6.29. The van der Waals surface area contributed by atoms with Gasteiger partial charge in [-0.15, -0.1) is 0 Å². The van der Waals surface area contributed by atoms with Crippen molar-refractivity contribution < 1.29 is 23.4 Å². The first-order valence-corrected chi connectivity index (χ1v) is 11.2. The summed E-state index contributed by atoms with van der Waals surface area (Å²) in [5, 5.41) is 0. The first-order chi connectivity index (χ1) is 14.8. The number of nitrogens with zero attached hydrogens (tertiary/aromatic N) is 1. The van der Waals surface area contributed by atoms with Gasteiger partial charge in [0.1, 0.15) is 18.9 Å². The average Bonchev–Trinajstić information content (AvgIpc) is 2.74. The summed E-state index contributed by atoms with van der Waals surface area (Å²) in [6.07, 6.45) is 0. The van der Waals surface area contributed by atoms with Gasteiger partial charge in [-0.05, 0) is 55.7 Å². The van der Waals surface area contributed by atoms with E-state index in [0.717, 1.165) is 23.3 Å². The smallest absolute Gasteiger partial charge is 0.120 e. The Bertz CT molecular complexity index is 804. The monoisotopic (exact) mass is 430 g/mol. The van der Waals surface area contributed by atoms with Crippen LogP contribution in [-0.2, 0) is 20.8 Å². The molecule has 2 rings (SSSR count). The lowest BCUT2D eigenvalue weighted by molar-refractivity contribution is -0.901. The first kappa shape index (κ1) is 25.3. The number of hydrogen-bond acceptors (Lipinski definition) is 4. The van der Waals surface area contributed by atoms with E-state index in [1.807, 2.05) is 0 Å². The molecule has 2 aromatic carbocycles. The largest absolute Gasteiger partial charge is 0.491 e. The molecule has 5 nitrogen and oxygen atoms in total. The number of benzene rings is 2. The topological polar surface area (TPSA) is 36.9 Å². The van der Waals surface area contributed by atoms with Gasteiger partial charge in [-0.3, -0.25) is 0 Å². The van der Waals surface area contributed by atoms with Crippen molar-refractivity contribution in [1.29, 1.82) is 0 Å². The van der Waals surface area contributed by atoms with E-state index in [4.69, 9.17) is 18.9 Å². The minimum atomic E-state index is 0.514. The maximum Gasteiger partial charge on any atom is 0.120 e. The zero-order valence-corrected chi connectivity index (χ0v) is 20.2. The van der Waals surface area contributed by atoms with E-state index < -0.39 is 0 Å². The molecule has 0 radical (unpaired) electrons. The molecule has 0 aliphatic rings. The van der Waals surface area contributed by atoms with Crippen LogP contribution in [0.25, 0.3) is 11.1 Å². The summed E-state index contributed by atoms with van der Waals surface area (Å²) in [6, 6.07) is 13.2. The zero-order chi connectivity index (χ0) is 22.7. The molecular weight excluding hydrogens is 390 g/mol. The van der Waals surface area contributed by atoms with Crippen LogP contribution in [0.1, 0.15) is 23.6 Å². The standard InChI is InChI=1S/C26H40NO4/c1-7-27(4,5)20-23-17-24(26-16-21(2)8-9-22(26)3)19-25(18-23)31-15-14-30-13-12-29-11-10-28-6/h8-9,16-19H,7,10-15,20H2,1-6H3/q+1. The van der Waals surface area contributed by atoms with Crippen LogP contribution in [0.5, 0.6) is 5.75 Å². The molecular formula is C26H40NO4+. The number of aryl methyl sites for hydroxylation is 2. The molecule has 0 N–H and O–H groups in total. The highest BCUT2D eigenvalue weighted by Gasteiger charge is 2.15. The summed E-state index contributed by atoms with van der Waals surface area (Å²) >= 11 is 0. The molecule has 0 aromatic heterocycles. The minimum absolute atomic E-state index is 0.514. The molecule has 2 aromatic rings. The number of quaternary nitrogens is 1. The third kappa shape index (κ3) is 8.99. The van der Waals surface area contributed by atoms with Crippen molar-refractivity contribution in [3.63, 3.8) is 0 Å². The second-order valence-corrected chi connectivity index (χ2v) is 8.66. The number of rotatable bonds is 14.